The Balaban J connectivity index is 2.27. The van der Waals surface area contributed by atoms with Crippen molar-refractivity contribution in [1.29, 1.82) is 0 Å². The van der Waals surface area contributed by atoms with Gasteiger partial charge in [0.15, 0.2) is 0 Å². The lowest BCUT2D eigenvalue weighted by atomic mass is 10.2. The van der Waals surface area contributed by atoms with Crippen molar-refractivity contribution in [3.05, 3.63) is 57.6 Å². The first-order chi connectivity index (χ1) is 8.97. The van der Waals surface area contributed by atoms with Crippen LogP contribution in [-0.2, 0) is 0 Å². The van der Waals surface area contributed by atoms with Gasteiger partial charge in [-0.1, -0.05) is 6.07 Å². The fraction of sp³-hybridized carbons (Fsp3) is 0.143. The molecule has 3 nitrogen and oxygen atoms in total. The van der Waals surface area contributed by atoms with Crippen LogP contribution in [0.25, 0.3) is 0 Å². The minimum atomic E-state index is -0.357. The predicted molar refractivity (Wildman–Crippen MR) is 75.8 cm³/mol. The number of nitrogens with one attached hydrogen (secondary N) is 1. The first-order valence-corrected chi connectivity index (χ1v) is 6.47. The van der Waals surface area contributed by atoms with E-state index in [1.165, 1.54) is 6.07 Å². The second-order valence-corrected chi connectivity index (χ2v) is 5.05. The molecule has 0 bridgehead atoms. The van der Waals surface area contributed by atoms with Crippen LogP contribution in [0, 0.1) is 19.7 Å². The third-order valence-electron chi connectivity index (χ3n) is 2.64. The highest BCUT2D eigenvalue weighted by atomic mass is 79.9. The number of aryl methyl sites for hydroxylation is 2. The maximum Gasteiger partial charge on any atom is 0.274 e. The van der Waals surface area contributed by atoms with E-state index >= 15 is 0 Å². The molecule has 0 saturated carbocycles. The average Bonchev–Trinajstić information content (AvgIpc) is 2.36. The van der Waals surface area contributed by atoms with Crippen LogP contribution in [0.15, 0.2) is 34.8 Å². The Morgan fingerprint density at radius 1 is 1.32 bits per heavy atom. The molecule has 2 aromatic rings. The summed E-state index contributed by atoms with van der Waals surface area (Å²) in [7, 11) is 0. The van der Waals surface area contributed by atoms with Crippen molar-refractivity contribution in [2.75, 3.05) is 5.32 Å². The van der Waals surface area contributed by atoms with Crippen LogP contribution in [-0.4, -0.2) is 10.9 Å². The number of anilines is 1. The molecule has 1 aromatic carbocycles. The van der Waals surface area contributed by atoms with Crippen molar-refractivity contribution in [2.45, 2.75) is 13.8 Å². The summed E-state index contributed by atoms with van der Waals surface area (Å²) in [6.45, 7) is 3.55. The van der Waals surface area contributed by atoms with Gasteiger partial charge in [0, 0.05) is 11.4 Å². The summed E-state index contributed by atoms with van der Waals surface area (Å²) in [5, 5.41) is 2.72. The van der Waals surface area contributed by atoms with E-state index in [1.807, 2.05) is 13.0 Å². The fourth-order valence-electron chi connectivity index (χ4n) is 1.64. The van der Waals surface area contributed by atoms with Crippen LogP contribution < -0.4 is 5.32 Å². The van der Waals surface area contributed by atoms with Crippen LogP contribution >= 0.6 is 15.9 Å². The topological polar surface area (TPSA) is 42.0 Å². The molecule has 0 aliphatic heterocycles. The molecule has 1 N–H and O–H groups in total. The largest absolute Gasteiger partial charge is 0.320 e. The molecule has 0 aliphatic carbocycles. The van der Waals surface area contributed by atoms with Crippen LogP contribution in [0.5, 0.6) is 0 Å². The van der Waals surface area contributed by atoms with E-state index < -0.39 is 0 Å². The Bertz CT molecular complexity index is 643. The normalized spacial score (nSPS) is 10.3. The number of carbonyl (C=O) groups is 1. The molecule has 0 fully saturated rings. The highest BCUT2D eigenvalue weighted by Crippen LogP contribution is 2.24. The molecule has 98 valence electrons. The number of nitrogens with zero attached hydrogens (tertiary/aromatic N) is 1. The summed E-state index contributed by atoms with van der Waals surface area (Å²) in [6.07, 6.45) is 0. The van der Waals surface area contributed by atoms with Crippen molar-refractivity contribution in [2.24, 2.45) is 0 Å². The van der Waals surface area contributed by atoms with Gasteiger partial charge in [-0.2, -0.15) is 0 Å². The molecule has 0 atom stereocenters. The van der Waals surface area contributed by atoms with Crippen LogP contribution in [0.3, 0.4) is 0 Å². The minimum absolute atomic E-state index is 0.311. The molecule has 0 spiro atoms. The summed E-state index contributed by atoms with van der Waals surface area (Å²) < 4.78 is 13.6. The van der Waals surface area contributed by atoms with Crippen LogP contribution in [0.1, 0.15) is 21.7 Å². The SMILES string of the molecule is Cc1cccc(C(=O)Nc2cc(Br)c(F)cc2C)n1. The second-order valence-electron chi connectivity index (χ2n) is 4.20. The lowest BCUT2D eigenvalue weighted by Gasteiger charge is -2.09. The standard InChI is InChI=1S/C14H12BrFN2O/c1-8-6-11(16)10(15)7-13(8)18-14(19)12-5-3-4-9(2)17-12/h3-7H,1-2H3,(H,18,19). The zero-order valence-corrected chi connectivity index (χ0v) is 12.1. The molecule has 0 aliphatic rings. The third-order valence-corrected chi connectivity index (χ3v) is 3.24. The number of hydrogen-bond donors (Lipinski definition) is 1. The maximum absolute atomic E-state index is 13.3. The van der Waals surface area contributed by atoms with Gasteiger partial charge < -0.3 is 5.32 Å². The molecule has 2 rings (SSSR count). The predicted octanol–water partition coefficient (Wildman–Crippen LogP) is 3.85. The van der Waals surface area contributed by atoms with Crippen LogP contribution in [0.2, 0.25) is 0 Å². The van der Waals surface area contributed by atoms with Gasteiger partial charge in [-0.25, -0.2) is 9.37 Å². The van der Waals surface area contributed by atoms with Crippen molar-refractivity contribution >= 4 is 27.5 Å². The van der Waals surface area contributed by atoms with Crippen molar-refractivity contribution in [1.82, 2.24) is 4.98 Å². The van der Waals surface area contributed by atoms with E-state index in [0.717, 1.165) is 5.69 Å². The van der Waals surface area contributed by atoms with E-state index in [-0.39, 0.29) is 11.7 Å². The van der Waals surface area contributed by atoms with Crippen molar-refractivity contribution in [3.63, 3.8) is 0 Å². The Morgan fingerprint density at radius 3 is 2.74 bits per heavy atom. The fourth-order valence-corrected chi connectivity index (χ4v) is 1.98. The summed E-state index contributed by atoms with van der Waals surface area (Å²) in [5.74, 6) is -0.672. The van der Waals surface area contributed by atoms with Gasteiger partial charge in [-0.3, -0.25) is 4.79 Å². The first kappa shape index (κ1) is 13.7. The van der Waals surface area contributed by atoms with Crippen LogP contribution in [0.4, 0.5) is 10.1 Å². The summed E-state index contributed by atoms with van der Waals surface area (Å²) in [6, 6.07) is 8.12. The zero-order valence-electron chi connectivity index (χ0n) is 10.5. The molecular formula is C14H12BrFN2O. The molecule has 1 amide bonds. The average molecular weight is 323 g/mol. The maximum atomic E-state index is 13.3. The van der Waals surface area contributed by atoms with Gasteiger partial charge in [0.2, 0.25) is 0 Å². The van der Waals surface area contributed by atoms with Crippen molar-refractivity contribution < 1.29 is 9.18 Å². The number of hydrogen-bond acceptors (Lipinski definition) is 2. The number of halogens is 2. The van der Waals surface area contributed by atoms with E-state index in [0.29, 0.717) is 21.4 Å². The molecule has 0 radical (unpaired) electrons. The number of pyridine rings is 1. The second kappa shape index (κ2) is 5.48. The highest BCUT2D eigenvalue weighted by Gasteiger charge is 2.11. The third kappa shape index (κ3) is 3.17. The Morgan fingerprint density at radius 2 is 2.05 bits per heavy atom. The number of benzene rings is 1. The molecular weight excluding hydrogens is 311 g/mol. The monoisotopic (exact) mass is 322 g/mol. The molecule has 0 saturated heterocycles. The molecule has 1 aromatic heterocycles. The van der Waals surface area contributed by atoms with Gasteiger partial charge in [0.05, 0.1) is 4.47 Å². The van der Waals surface area contributed by atoms with E-state index in [1.54, 1.807) is 25.1 Å². The smallest absolute Gasteiger partial charge is 0.274 e. The van der Waals surface area contributed by atoms with Crippen molar-refractivity contribution in [3.8, 4) is 0 Å². The molecule has 0 unspecified atom stereocenters. The number of carbonyl (C=O) groups excluding carboxylic acids is 1. The summed E-state index contributed by atoms with van der Waals surface area (Å²) in [4.78, 5) is 16.2. The summed E-state index contributed by atoms with van der Waals surface area (Å²) in [5.41, 5.74) is 2.31. The Kier molecular flexibility index (Phi) is 3.95. The van der Waals surface area contributed by atoms with Gasteiger partial charge in [0.25, 0.3) is 5.91 Å². The lowest BCUT2D eigenvalue weighted by molar-refractivity contribution is 0.102. The first-order valence-electron chi connectivity index (χ1n) is 5.68. The lowest BCUT2D eigenvalue weighted by Crippen LogP contribution is -2.14. The zero-order chi connectivity index (χ0) is 14.0. The van der Waals surface area contributed by atoms with Gasteiger partial charge in [0.1, 0.15) is 11.5 Å². The highest BCUT2D eigenvalue weighted by molar-refractivity contribution is 9.10. The summed E-state index contributed by atoms with van der Waals surface area (Å²) >= 11 is 3.10. The Labute approximate surface area is 119 Å². The Hall–Kier alpha value is -1.75. The number of amides is 1. The molecule has 5 heteroatoms. The van der Waals surface area contributed by atoms with E-state index in [9.17, 15) is 9.18 Å². The number of rotatable bonds is 2. The van der Waals surface area contributed by atoms with Gasteiger partial charge >= 0.3 is 0 Å². The van der Waals surface area contributed by atoms with E-state index in [4.69, 9.17) is 0 Å². The number of aromatic nitrogens is 1. The van der Waals surface area contributed by atoms with E-state index in [2.05, 4.69) is 26.2 Å². The quantitative estimate of drug-likeness (QED) is 0.912. The minimum Gasteiger partial charge on any atom is -0.320 e. The molecule has 19 heavy (non-hydrogen) atoms. The molecule has 1 heterocycles. The van der Waals surface area contributed by atoms with Gasteiger partial charge in [-0.05, 0) is 59.6 Å². The van der Waals surface area contributed by atoms with Gasteiger partial charge in [-0.15, -0.1) is 0 Å².